The zero-order valence-electron chi connectivity index (χ0n) is 16.3. The summed E-state index contributed by atoms with van der Waals surface area (Å²) < 4.78 is 0. The van der Waals surface area contributed by atoms with Crippen LogP contribution in [0.2, 0.25) is 0 Å². The van der Waals surface area contributed by atoms with Gasteiger partial charge in [0.2, 0.25) is 0 Å². The third kappa shape index (κ3) is 2.18. The summed E-state index contributed by atoms with van der Waals surface area (Å²) in [5.74, 6) is 3.80. The van der Waals surface area contributed by atoms with Crippen LogP contribution in [0.15, 0.2) is 11.6 Å². The zero-order chi connectivity index (χ0) is 17.4. The second-order valence-corrected chi connectivity index (χ2v) is 11.7. The molecule has 7 atom stereocenters. The van der Waals surface area contributed by atoms with Gasteiger partial charge in [-0.25, -0.2) is 0 Å². The van der Waals surface area contributed by atoms with Gasteiger partial charge in [0, 0.05) is 12.3 Å². The van der Waals surface area contributed by atoms with Gasteiger partial charge < -0.3 is 5.11 Å². The Kier molecular flexibility index (Phi) is 3.78. The number of hydrogen-bond donors (Lipinski definition) is 1. The van der Waals surface area contributed by atoms with Gasteiger partial charge in [-0.05, 0) is 87.0 Å². The van der Waals surface area contributed by atoms with Crippen LogP contribution in [-0.4, -0.2) is 40.3 Å². The SMILES string of the molecule is CN1CCSC12C=C1CC[C@H]3[C@@H]4CC[C@H](O)[C@@]4(C)CC[C@@H]3[C@@]1(C)CC2. The van der Waals surface area contributed by atoms with Crippen molar-refractivity contribution in [2.75, 3.05) is 19.3 Å². The summed E-state index contributed by atoms with van der Waals surface area (Å²) >= 11 is 2.19. The molecule has 4 aliphatic carbocycles. The van der Waals surface area contributed by atoms with Crippen molar-refractivity contribution in [3.63, 3.8) is 0 Å². The number of likely N-dealkylation sites (N-methyl/N-ethyl adjacent to an activating group) is 1. The lowest BCUT2D eigenvalue weighted by Crippen LogP contribution is -2.53. The second kappa shape index (κ2) is 5.52. The fourth-order valence-electron chi connectivity index (χ4n) is 7.74. The first kappa shape index (κ1) is 17.1. The van der Waals surface area contributed by atoms with E-state index in [4.69, 9.17) is 0 Å². The Morgan fingerprint density at radius 2 is 1.92 bits per heavy atom. The Balaban J connectivity index is 1.47. The maximum Gasteiger partial charge on any atom is 0.0857 e. The van der Waals surface area contributed by atoms with Gasteiger partial charge in [-0.15, -0.1) is 11.8 Å². The van der Waals surface area contributed by atoms with Crippen LogP contribution in [0.25, 0.3) is 0 Å². The summed E-state index contributed by atoms with van der Waals surface area (Å²) in [6.45, 7) is 6.25. The summed E-state index contributed by atoms with van der Waals surface area (Å²) in [6.07, 6.45) is 13.0. The molecule has 5 aliphatic rings. The van der Waals surface area contributed by atoms with Crippen molar-refractivity contribution >= 4 is 11.8 Å². The van der Waals surface area contributed by atoms with Crippen LogP contribution in [0.4, 0.5) is 0 Å². The Morgan fingerprint density at radius 1 is 1.08 bits per heavy atom. The first-order valence-electron chi connectivity index (χ1n) is 10.6. The second-order valence-electron chi connectivity index (χ2n) is 10.3. The molecule has 1 unspecified atom stereocenters. The van der Waals surface area contributed by atoms with Crippen LogP contribution >= 0.6 is 11.8 Å². The van der Waals surface area contributed by atoms with Crippen molar-refractivity contribution < 1.29 is 5.11 Å². The molecule has 1 heterocycles. The van der Waals surface area contributed by atoms with E-state index in [0.717, 1.165) is 24.2 Å². The van der Waals surface area contributed by atoms with E-state index in [1.165, 1.54) is 57.2 Å². The predicted octanol–water partition coefficient (Wildman–Crippen LogP) is 4.69. The summed E-state index contributed by atoms with van der Waals surface area (Å²) in [5, 5.41) is 10.6. The maximum absolute atomic E-state index is 10.6. The van der Waals surface area contributed by atoms with E-state index >= 15 is 0 Å². The van der Waals surface area contributed by atoms with Crippen LogP contribution in [0.5, 0.6) is 0 Å². The first-order chi connectivity index (χ1) is 11.9. The third-order valence-electron chi connectivity index (χ3n) is 9.51. The molecule has 5 rings (SSSR count). The van der Waals surface area contributed by atoms with E-state index in [2.05, 4.69) is 43.6 Å². The minimum absolute atomic E-state index is 0.0404. The van der Waals surface area contributed by atoms with E-state index in [0.29, 0.717) is 10.3 Å². The van der Waals surface area contributed by atoms with Gasteiger partial charge in [-0.3, -0.25) is 4.90 Å². The van der Waals surface area contributed by atoms with Gasteiger partial charge in [-0.1, -0.05) is 25.5 Å². The van der Waals surface area contributed by atoms with Gasteiger partial charge in [0.05, 0.1) is 11.0 Å². The van der Waals surface area contributed by atoms with Crippen LogP contribution in [-0.2, 0) is 0 Å². The largest absolute Gasteiger partial charge is 0.393 e. The average Bonchev–Trinajstić information content (AvgIpc) is 3.09. The molecule has 2 nitrogen and oxygen atoms in total. The van der Waals surface area contributed by atoms with Crippen LogP contribution in [0.1, 0.15) is 65.2 Å². The first-order valence-corrected chi connectivity index (χ1v) is 11.6. The fourth-order valence-corrected chi connectivity index (χ4v) is 9.24. The molecule has 1 aliphatic heterocycles. The normalized spacial score (nSPS) is 55.6. The van der Waals surface area contributed by atoms with Crippen molar-refractivity contribution in [3.8, 4) is 0 Å². The Bertz CT molecular complexity index is 605. The van der Waals surface area contributed by atoms with Crippen LogP contribution in [0, 0.1) is 28.6 Å². The minimum Gasteiger partial charge on any atom is -0.393 e. The summed E-state index contributed by atoms with van der Waals surface area (Å²) in [6, 6.07) is 0. The maximum atomic E-state index is 10.6. The zero-order valence-corrected chi connectivity index (χ0v) is 17.1. The monoisotopic (exact) mass is 361 g/mol. The molecular formula is C22H35NOS. The number of hydrogen-bond acceptors (Lipinski definition) is 3. The average molecular weight is 362 g/mol. The summed E-state index contributed by atoms with van der Waals surface area (Å²) in [4.78, 5) is 2.93. The predicted molar refractivity (Wildman–Crippen MR) is 106 cm³/mol. The van der Waals surface area contributed by atoms with E-state index in [9.17, 15) is 5.11 Å². The smallest absolute Gasteiger partial charge is 0.0857 e. The van der Waals surface area contributed by atoms with E-state index < -0.39 is 0 Å². The Morgan fingerprint density at radius 3 is 2.68 bits per heavy atom. The summed E-state index contributed by atoms with van der Waals surface area (Å²) in [5.41, 5.74) is 2.45. The lowest BCUT2D eigenvalue weighted by Gasteiger charge is -2.59. The lowest BCUT2D eigenvalue weighted by atomic mass is 9.47. The number of thioether (sulfide) groups is 1. The highest BCUT2D eigenvalue weighted by Crippen LogP contribution is 2.66. The molecule has 0 aromatic heterocycles. The van der Waals surface area contributed by atoms with E-state index in [-0.39, 0.29) is 11.5 Å². The number of nitrogens with zero attached hydrogens (tertiary/aromatic N) is 1. The highest BCUT2D eigenvalue weighted by molar-refractivity contribution is 8.01. The molecule has 25 heavy (non-hydrogen) atoms. The molecular weight excluding hydrogens is 326 g/mol. The molecule has 0 radical (unpaired) electrons. The van der Waals surface area contributed by atoms with Gasteiger partial charge in [0.25, 0.3) is 0 Å². The molecule has 0 aromatic carbocycles. The molecule has 0 amide bonds. The minimum atomic E-state index is -0.0404. The molecule has 1 spiro atoms. The fraction of sp³-hybridized carbons (Fsp3) is 0.909. The van der Waals surface area contributed by atoms with Gasteiger partial charge >= 0.3 is 0 Å². The van der Waals surface area contributed by atoms with Gasteiger partial charge in [0.15, 0.2) is 0 Å². The number of aliphatic hydroxyl groups is 1. The topological polar surface area (TPSA) is 23.5 Å². The van der Waals surface area contributed by atoms with Crippen molar-refractivity contribution in [2.45, 2.75) is 76.2 Å². The van der Waals surface area contributed by atoms with Crippen molar-refractivity contribution in [2.24, 2.45) is 28.6 Å². The highest BCUT2D eigenvalue weighted by Gasteiger charge is 2.59. The van der Waals surface area contributed by atoms with E-state index in [1.54, 1.807) is 5.57 Å². The van der Waals surface area contributed by atoms with Crippen molar-refractivity contribution in [1.29, 1.82) is 0 Å². The molecule has 0 bridgehead atoms. The molecule has 1 saturated heterocycles. The number of fused-ring (bicyclic) bond motifs is 5. The lowest BCUT2D eigenvalue weighted by molar-refractivity contribution is -0.0754. The molecule has 1 N–H and O–H groups in total. The number of rotatable bonds is 0. The van der Waals surface area contributed by atoms with Crippen LogP contribution < -0.4 is 0 Å². The van der Waals surface area contributed by atoms with Crippen LogP contribution in [0.3, 0.4) is 0 Å². The molecule has 0 aromatic rings. The summed E-state index contributed by atoms with van der Waals surface area (Å²) in [7, 11) is 2.33. The molecule has 4 fully saturated rings. The van der Waals surface area contributed by atoms with Gasteiger partial charge in [0.1, 0.15) is 0 Å². The molecule has 3 heteroatoms. The van der Waals surface area contributed by atoms with Crippen molar-refractivity contribution in [3.05, 3.63) is 11.6 Å². The standard InChI is InChI=1S/C22H35NOS/c1-20-10-11-22(23(3)12-13-25-22)14-15(20)4-5-16-17-6-7-19(24)21(17,2)9-8-18(16)20/h14,16-19,24H,4-13H2,1-3H3/t16-,17-,18-,19-,20-,21-,22?/m0/s1. The van der Waals surface area contributed by atoms with Crippen molar-refractivity contribution in [1.82, 2.24) is 4.90 Å². The Hall–Kier alpha value is 0.01000. The third-order valence-corrected chi connectivity index (χ3v) is 11.0. The highest BCUT2D eigenvalue weighted by atomic mass is 32.2. The molecule has 140 valence electrons. The number of aliphatic hydroxyl groups excluding tert-OH is 1. The van der Waals surface area contributed by atoms with E-state index in [1.807, 2.05) is 0 Å². The van der Waals surface area contributed by atoms with Gasteiger partial charge in [-0.2, -0.15) is 0 Å². The Labute approximate surface area is 157 Å². The quantitative estimate of drug-likeness (QED) is 0.634. The number of allylic oxidation sites excluding steroid dienone is 1. The molecule has 3 saturated carbocycles.